The molecule has 29 heavy (non-hydrogen) atoms. The van der Waals surface area contributed by atoms with Gasteiger partial charge in [-0.3, -0.25) is 10.1 Å². The average Bonchev–Trinajstić information content (AvgIpc) is 2.76. The van der Waals surface area contributed by atoms with E-state index in [-0.39, 0.29) is 5.69 Å². The molecule has 0 saturated carbocycles. The summed E-state index contributed by atoms with van der Waals surface area (Å²) in [5.74, 6) is 0. The number of hydrogen-bond acceptors (Lipinski definition) is 6. The maximum atomic E-state index is 10.7. The lowest BCUT2D eigenvalue weighted by molar-refractivity contribution is -0.384. The minimum absolute atomic E-state index is 0.0139. The highest BCUT2D eigenvalue weighted by molar-refractivity contribution is 5.56. The van der Waals surface area contributed by atoms with Crippen molar-refractivity contribution in [2.24, 2.45) is 10.2 Å². The molecule has 3 aromatic carbocycles. The number of non-ortho nitro benzene ring substituents is 1. The lowest BCUT2D eigenvalue weighted by Gasteiger charge is -2.24. The molecule has 7 heteroatoms. The molecule has 0 bridgehead atoms. The van der Waals surface area contributed by atoms with Gasteiger partial charge in [0.05, 0.1) is 28.8 Å². The van der Waals surface area contributed by atoms with Crippen molar-refractivity contribution >= 4 is 22.7 Å². The number of nitro benzene ring substituents is 1. The van der Waals surface area contributed by atoms with Gasteiger partial charge >= 0.3 is 0 Å². The summed E-state index contributed by atoms with van der Waals surface area (Å²) in [7, 11) is 0. The van der Waals surface area contributed by atoms with Crippen LogP contribution in [0, 0.1) is 21.4 Å². The fourth-order valence-corrected chi connectivity index (χ4v) is 2.80. The van der Waals surface area contributed by atoms with Crippen LogP contribution in [0.4, 0.5) is 22.7 Å². The number of rotatable bonds is 8. The lowest BCUT2D eigenvalue weighted by Crippen LogP contribution is -2.23. The number of nitriles is 1. The number of nitro groups is 1. The number of anilines is 1. The summed E-state index contributed by atoms with van der Waals surface area (Å²) in [6.45, 7) is 1.29. The topological polar surface area (TPSA) is 94.9 Å². The Morgan fingerprint density at radius 1 is 0.931 bits per heavy atom. The van der Waals surface area contributed by atoms with Crippen LogP contribution in [-0.4, -0.2) is 11.5 Å². The second-order valence-corrected chi connectivity index (χ2v) is 6.31. The van der Waals surface area contributed by atoms with E-state index in [0.717, 1.165) is 11.3 Å². The molecule has 0 N–H and O–H groups in total. The van der Waals surface area contributed by atoms with E-state index in [1.54, 1.807) is 12.1 Å². The van der Waals surface area contributed by atoms with Crippen molar-refractivity contribution in [2.45, 2.75) is 13.0 Å². The Morgan fingerprint density at radius 2 is 1.66 bits per heavy atom. The van der Waals surface area contributed by atoms with Gasteiger partial charge in [-0.25, -0.2) is 0 Å². The fraction of sp³-hybridized carbons (Fsp3) is 0.136. The average molecular weight is 385 g/mol. The quantitative estimate of drug-likeness (QED) is 0.273. The van der Waals surface area contributed by atoms with Crippen LogP contribution in [0.5, 0.6) is 0 Å². The Kier molecular flexibility index (Phi) is 6.63. The molecule has 3 aromatic rings. The van der Waals surface area contributed by atoms with E-state index in [1.165, 1.54) is 12.1 Å². The van der Waals surface area contributed by atoms with Crippen LogP contribution >= 0.6 is 0 Å². The first-order valence-electron chi connectivity index (χ1n) is 9.08. The predicted molar refractivity (Wildman–Crippen MR) is 111 cm³/mol. The van der Waals surface area contributed by atoms with E-state index in [1.807, 2.05) is 42.5 Å². The summed E-state index contributed by atoms with van der Waals surface area (Å²) in [6.07, 6.45) is 0.418. The number of azo groups is 1. The molecule has 0 unspecified atom stereocenters. The third kappa shape index (κ3) is 5.71. The maximum Gasteiger partial charge on any atom is 0.269 e. The van der Waals surface area contributed by atoms with E-state index in [0.29, 0.717) is 30.9 Å². The molecular formula is C22H19N5O2. The van der Waals surface area contributed by atoms with Crippen LogP contribution < -0.4 is 4.90 Å². The largest absolute Gasteiger partial charge is 0.366 e. The summed E-state index contributed by atoms with van der Waals surface area (Å²) >= 11 is 0. The third-order valence-electron chi connectivity index (χ3n) is 4.25. The smallest absolute Gasteiger partial charge is 0.269 e. The Bertz CT molecular complexity index is 1030. The molecular weight excluding hydrogens is 366 g/mol. The molecule has 0 heterocycles. The van der Waals surface area contributed by atoms with Crippen molar-refractivity contribution < 1.29 is 4.92 Å². The first-order valence-corrected chi connectivity index (χ1v) is 9.08. The first-order chi connectivity index (χ1) is 14.2. The van der Waals surface area contributed by atoms with Gasteiger partial charge < -0.3 is 4.90 Å². The zero-order valence-corrected chi connectivity index (χ0v) is 15.7. The van der Waals surface area contributed by atoms with Gasteiger partial charge in [0.1, 0.15) is 0 Å². The summed E-state index contributed by atoms with van der Waals surface area (Å²) in [4.78, 5) is 12.4. The summed E-state index contributed by atoms with van der Waals surface area (Å²) in [5, 5.41) is 28.1. The first kappa shape index (κ1) is 19.7. The van der Waals surface area contributed by atoms with Crippen LogP contribution in [0.2, 0.25) is 0 Å². The second-order valence-electron chi connectivity index (χ2n) is 6.31. The molecule has 3 rings (SSSR count). The van der Waals surface area contributed by atoms with Crippen LogP contribution in [0.25, 0.3) is 0 Å². The van der Waals surface area contributed by atoms with Crippen molar-refractivity contribution in [3.8, 4) is 6.07 Å². The summed E-state index contributed by atoms with van der Waals surface area (Å²) < 4.78 is 0. The van der Waals surface area contributed by atoms with Gasteiger partial charge in [-0.2, -0.15) is 15.5 Å². The van der Waals surface area contributed by atoms with Gasteiger partial charge in [0.15, 0.2) is 0 Å². The third-order valence-corrected chi connectivity index (χ3v) is 4.25. The number of benzene rings is 3. The Balaban J connectivity index is 1.78. The highest BCUT2D eigenvalue weighted by atomic mass is 16.6. The van der Waals surface area contributed by atoms with Crippen LogP contribution in [0.3, 0.4) is 0 Å². The van der Waals surface area contributed by atoms with E-state index >= 15 is 0 Å². The van der Waals surface area contributed by atoms with Crippen molar-refractivity contribution in [2.75, 3.05) is 11.4 Å². The van der Waals surface area contributed by atoms with Gasteiger partial charge in [-0.05, 0) is 35.9 Å². The molecule has 0 aliphatic carbocycles. The Hall–Kier alpha value is -4.05. The van der Waals surface area contributed by atoms with Gasteiger partial charge in [0.25, 0.3) is 5.69 Å². The molecule has 0 aliphatic rings. The van der Waals surface area contributed by atoms with Crippen LogP contribution in [0.15, 0.2) is 89.1 Å². The van der Waals surface area contributed by atoms with Crippen LogP contribution in [0.1, 0.15) is 12.0 Å². The van der Waals surface area contributed by atoms with Gasteiger partial charge in [-0.1, -0.05) is 36.4 Å². The van der Waals surface area contributed by atoms with Gasteiger partial charge in [0.2, 0.25) is 0 Å². The molecule has 0 radical (unpaired) electrons. The normalized spacial score (nSPS) is 10.6. The summed E-state index contributed by atoms with van der Waals surface area (Å²) in [5.41, 5.74) is 3.31. The fourth-order valence-electron chi connectivity index (χ4n) is 2.80. The zero-order valence-electron chi connectivity index (χ0n) is 15.7. The molecule has 0 saturated heterocycles. The molecule has 0 fully saturated rings. The number of hydrogen-bond donors (Lipinski definition) is 0. The standard InChI is InChI=1S/C22H19N5O2/c23-14-5-15-26(17-18-6-2-1-3-7-18)22-9-4-8-20(16-22)25-24-19-10-12-21(13-11-19)27(28)29/h1-4,6-13,16H,5,15,17H2. The Labute approximate surface area is 168 Å². The van der Waals surface area contributed by atoms with E-state index < -0.39 is 4.92 Å². The van der Waals surface area contributed by atoms with Gasteiger partial charge in [-0.15, -0.1) is 0 Å². The van der Waals surface area contributed by atoms with E-state index in [4.69, 9.17) is 5.26 Å². The predicted octanol–water partition coefficient (Wildman–Crippen LogP) is 5.93. The SMILES string of the molecule is N#CCCN(Cc1ccccc1)c1cccc(N=Nc2ccc([N+](=O)[O-])cc2)c1. The minimum atomic E-state index is -0.451. The van der Waals surface area contributed by atoms with Crippen molar-refractivity contribution in [1.82, 2.24) is 0 Å². The molecule has 7 nitrogen and oxygen atoms in total. The zero-order chi connectivity index (χ0) is 20.5. The minimum Gasteiger partial charge on any atom is -0.366 e. The molecule has 0 aromatic heterocycles. The monoisotopic (exact) mass is 385 g/mol. The summed E-state index contributed by atoms with van der Waals surface area (Å²) in [6, 6.07) is 25.8. The molecule has 144 valence electrons. The van der Waals surface area contributed by atoms with Crippen LogP contribution in [-0.2, 0) is 6.54 Å². The van der Waals surface area contributed by atoms with Crippen molar-refractivity contribution in [1.29, 1.82) is 5.26 Å². The Morgan fingerprint density at radius 3 is 2.34 bits per heavy atom. The molecule has 0 atom stereocenters. The maximum absolute atomic E-state index is 10.7. The highest BCUT2D eigenvalue weighted by Crippen LogP contribution is 2.26. The van der Waals surface area contributed by atoms with Crippen molar-refractivity contribution in [3.05, 3.63) is 94.5 Å². The van der Waals surface area contributed by atoms with E-state index in [9.17, 15) is 10.1 Å². The lowest BCUT2D eigenvalue weighted by atomic mass is 10.2. The van der Waals surface area contributed by atoms with E-state index in [2.05, 4.69) is 33.3 Å². The highest BCUT2D eigenvalue weighted by Gasteiger charge is 2.08. The molecule has 0 amide bonds. The van der Waals surface area contributed by atoms with Crippen molar-refractivity contribution in [3.63, 3.8) is 0 Å². The molecule has 0 aliphatic heterocycles. The number of nitrogens with zero attached hydrogens (tertiary/aromatic N) is 5. The van der Waals surface area contributed by atoms with Gasteiger partial charge in [0, 0.05) is 30.9 Å². The molecule has 0 spiro atoms. The second kappa shape index (κ2) is 9.76.